The molecule has 1 fully saturated rings. The molecule has 1 aromatic carbocycles. The molecule has 1 aromatic heterocycles. The Labute approximate surface area is 117 Å². The maximum absolute atomic E-state index is 11.8. The molecule has 2 aromatic rings. The number of benzene rings is 1. The van der Waals surface area contributed by atoms with Crippen molar-refractivity contribution in [3.63, 3.8) is 0 Å². The zero-order chi connectivity index (χ0) is 13.9. The second-order valence-corrected chi connectivity index (χ2v) is 4.77. The zero-order valence-corrected chi connectivity index (χ0v) is 11.4. The Kier molecular flexibility index (Phi) is 3.52. The van der Waals surface area contributed by atoms with Gasteiger partial charge in [-0.2, -0.15) is 0 Å². The number of anilines is 1. The van der Waals surface area contributed by atoms with Crippen molar-refractivity contribution >= 4 is 22.6 Å². The maximum atomic E-state index is 11.8. The van der Waals surface area contributed by atoms with Crippen LogP contribution < -0.4 is 10.2 Å². The van der Waals surface area contributed by atoms with Crippen LogP contribution in [0.5, 0.6) is 0 Å². The number of ether oxygens (including phenoxy) is 1. The zero-order valence-electron chi connectivity index (χ0n) is 11.4. The highest BCUT2D eigenvalue weighted by atomic mass is 16.5. The van der Waals surface area contributed by atoms with E-state index in [4.69, 9.17) is 4.74 Å². The lowest BCUT2D eigenvalue weighted by Gasteiger charge is -2.30. The van der Waals surface area contributed by atoms with E-state index in [0.29, 0.717) is 5.69 Å². The first-order chi connectivity index (χ1) is 9.79. The Morgan fingerprint density at radius 2 is 2.05 bits per heavy atom. The molecule has 0 unspecified atom stereocenters. The molecule has 5 nitrogen and oxygen atoms in total. The molecule has 0 saturated carbocycles. The van der Waals surface area contributed by atoms with E-state index < -0.39 is 5.97 Å². The highest BCUT2D eigenvalue weighted by Crippen LogP contribution is 2.27. The van der Waals surface area contributed by atoms with Gasteiger partial charge in [0.25, 0.3) is 0 Å². The molecule has 1 aliphatic rings. The van der Waals surface area contributed by atoms with Gasteiger partial charge in [-0.3, -0.25) is 0 Å². The van der Waals surface area contributed by atoms with Crippen molar-refractivity contribution in [3.8, 4) is 0 Å². The maximum Gasteiger partial charge on any atom is 0.356 e. The molecule has 104 valence electrons. The van der Waals surface area contributed by atoms with E-state index in [9.17, 15) is 4.79 Å². The smallest absolute Gasteiger partial charge is 0.356 e. The van der Waals surface area contributed by atoms with Crippen molar-refractivity contribution in [3.05, 3.63) is 36.0 Å². The van der Waals surface area contributed by atoms with Gasteiger partial charge in [-0.15, -0.1) is 0 Å². The van der Waals surface area contributed by atoms with Crippen molar-refractivity contribution in [2.45, 2.75) is 0 Å². The van der Waals surface area contributed by atoms with Crippen molar-refractivity contribution < 1.29 is 9.53 Å². The van der Waals surface area contributed by atoms with Gasteiger partial charge in [-0.05, 0) is 12.1 Å². The quantitative estimate of drug-likeness (QED) is 0.837. The number of nitrogens with zero attached hydrogens (tertiary/aromatic N) is 2. The van der Waals surface area contributed by atoms with Crippen molar-refractivity contribution in [2.24, 2.45) is 0 Å². The molecule has 1 saturated heterocycles. The van der Waals surface area contributed by atoms with Crippen LogP contribution in [-0.4, -0.2) is 44.2 Å². The van der Waals surface area contributed by atoms with E-state index in [-0.39, 0.29) is 0 Å². The average Bonchev–Trinajstić information content (AvgIpc) is 2.54. The number of piperazine rings is 1. The molecule has 0 spiro atoms. The summed E-state index contributed by atoms with van der Waals surface area (Å²) < 4.78 is 4.80. The number of methoxy groups -OCH3 is 1. The Bertz CT molecular complexity index is 636. The summed E-state index contributed by atoms with van der Waals surface area (Å²) >= 11 is 0. The molecule has 3 rings (SSSR count). The van der Waals surface area contributed by atoms with Crippen LogP contribution in [0.2, 0.25) is 0 Å². The summed E-state index contributed by atoms with van der Waals surface area (Å²) in [6, 6.07) is 9.72. The first-order valence-electron chi connectivity index (χ1n) is 6.73. The van der Waals surface area contributed by atoms with Crippen molar-refractivity contribution in [1.29, 1.82) is 0 Å². The third kappa shape index (κ3) is 2.32. The van der Waals surface area contributed by atoms with Gasteiger partial charge in [0.2, 0.25) is 0 Å². The van der Waals surface area contributed by atoms with Gasteiger partial charge in [-0.25, -0.2) is 9.78 Å². The lowest BCUT2D eigenvalue weighted by molar-refractivity contribution is 0.0594. The first-order valence-corrected chi connectivity index (χ1v) is 6.73. The number of pyridine rings is 1. The van der Waals surface area contributed by atoms with Crippen LogP contribution in [0.15, 0.2) is 30.3 Å². The van der Waals surface area contributed by atoms with Crippen LogP contribution in [0.4, 0.5) is 5.69 Å². The van der Waals surface area contributed by atoms with Crippen LogP contribution in [0, 0.1) is 0 Å². The van der Waals surface area contributed by atoms with Gasteiger partial charge in [-0.1, -0.05) is 18.2 Å². The minimum atomic E-state index is -0.396. The number of rotatable bonds is 2. The standard InChI is InChI=1S/C15H17N3O2/c1-20-15(19)13-10-14(18-8-6-16-7-9-18)11-4-2-3-5-12(11)17-13/h2-5,10,16H,6-9H2,1H3. The van der Waals surface area contributed by atoms with Crippen LogP contribution in [0.3, 0.4) is 0 Å². The monoisotopic (exact) mass is 271 g/mol. The van der Waals surface area contributed by atoms with Crippen molar-refractivity contribution in [2.75, 3.05) is 38.2 Å². The first kappa shape index (κ1) is 12.9. The number of aromatic nitrogens is 1. The van der Waals surface area contributed by atoms with Gasteiger partial charge >= 0.3 is 5.97 Å². The molecule has 0 atom stereocenters. The fraction of sp³-hybridized carbons (Fsp3) is 0.333. The molecule has 20 heavy (non-hydrogen) atoms. The average molecular weight is 271 g/mol. The van der Waals surface area contributed by atoms with Crippen LogP contribution >= 0.6 is 0 Å². The highest BCUT2D eigenvalue weighted by molar-refractivity contribution is 5.98. The molecule has 5 heteroatoms. The van der Waals surface area contributed by atoms with E-state index in [2.05, 4.69) is 15.2 Å². The summed E-state index contributed by atoms with van der Waals surface area (Å²) in [5, 5.41) is 4.40. The van der Waals surface area contributed by atoms with Gasteiger partial charge in [0.1, 0.15) is 0 Å². The molecule has 0 amide bonds. The molecule has 1 aliphatic heterocycles. The summed E-state index contributed by atoms with van der Waals surface area (Å²) in [5.41, 5.74) is 2.24. The minimum Gasteiger partial charge on any atom is -0.464 e. The molecule has 0 radical (unpaired) electrons. The minimum absolute atomic E-state index is 0.361. The molecule has 0 aliphatic carbocycles. The molecule has 1 N–H and O–H groups in total. The van der Waals surface area contributed by atoms with Crippen LogP contribution in [0.25, 0.3) is 10.9 Å². The SMILES string of the molecule is COC(=O)c1cc(N2CCNCC2)c2ccccc2n1. The van der Waals surface area contributed by atoms with Gasteiger partial charge in [0.05, 0.1) is 12.6 Å². The van der Waals surface area contributed by atoms with E-state index >= 15 is 0 Å². The number of fused-ring (bicyclic) bond motifs is 1. The van der Waals surface area contributed by atoms with Crippen LogP contribution in [-0.2, 0) is 4.74 Å². The van der Waals surface area contributed by atoms with E-state index in [1.807, 2.05) is 30.3 Å². The number of hydrogen-bond acceptors (Lipinski definition) is 5. The summed E-state index contributed by atoms with van der Waals surface area (Å²) in [6.07, 6.45) is 0. The molecule has 0 bridgehead atoms. The fourth-order valence-electron chi connectivity index (χ4n) is 2.53. The lowest BCUT2D eigenvalue weighted by Crippen LogP contribution is -2.43. The van der Waals surface area contributed by atoms with Crippen molar-refractivity contribution in [1.82, 2.24) is 10.3 Å². The number of hydrogen-bond donors (Lipinski definition) is 1. The largest absolute Gasteiger partial charge is 0.464 e. The Morgan fingerprint density at radius 1 is 1.30 bits per heavy atom. The van der Waals surface area contributed by atoms with E-state index in [1.165, 1.54) is 7.11 Å². The molecular weight excluding hydrogens is 254 g/mol. The van der Waals surface area contributed by atoms with E-state index in [1.54, 1.807) is 0 Å². The predicted octanol–water partition coefficient (Wildman–Crippen LogP) is 1.43. The van der Waals surface area contributed by atoms with Crippen LogP contribution in [0.1, 0.15) is 10.5 Å². The Hall–Kier alpha value is -2.14. The predicted molar refractivity (Wildman–Crippen MR) is 78.2 cm³/mol. The Balaban J connectivity index is 2.13. The number of nitrogens with one attached hydrogen (secondary N) is 1. The second-order valence-electron chi connectivity index (χ2n) is 4.77. The summed E-state index contributed by atoms with van der Waals surface area (Å²) in [6.45, 7) is 3.75. The highest BCUT2D eigenvalue weighted by Gasteiger charge is 2.17. The van der Waals surface area contributed by atoms with Gasteiger partial charge < -0.3 is 15.0 Å². The summed E-state index contributed by atoms with van der Waals surface area (Å²) in [7, 11) is 1.38. The fourth-order valence-corrected chi connectivity index (χ4v) is 2.53. The third-order valence-electron chi connectivity index (χ3n) is 3.55. The van der Waals surface area contributed by atoms with Gasteiger partial charge in [0, 0.05) is 37.3 Å². The molecule has 2 heterocycles. The van der Waals surface area contributed by atoms with Gasteiger partial charge in [0.15, 0.2) is 5.69 Å². The number of carbonyl (C=O) groups is 1. The van der Waals surface area contributed by atoms with E-state index in [0.717, 1.165) is 42.8 Å². The lowest BCUT2D eigenvalue weighted by atomic mass is 10.1. The second kappa shape index (κ2) is 5.46. The summed E-state index contributed by atoms with van der Waals surface area (Å²) in [4.78, 5) is 18.4. The summed E-state index contributed by atoms with van der Waals surface area (Å²) in [5.74, 6) is -0.396. The molecular formula is C15H17N3O2. The Morgan fingerprint density at radius 3 is 2.80 bits per heavy atom. The normalized spacial score (nSPS) is 15.3. The number of carbonyl (C=O) groups excluding carboxylic acids is 1. The topological polar surface area (TPSA) is 54.5 Å². The number of esters is 1. The third-order valence-corrected chi connectivity index (χ3v) is 3.55. The number of para-hydroxylation sites is 1.